The first-order valence-electron chi connectivity index (χ1n) is 6.58. The second-order valence-electron chi connectivity index (χ2n) is 4.34. The van der Waals surface area contributed by atoms with Crippen LogP contribution in [0.4, 0.5) is 0 Å². The second kappa shape index (κ2) is 7.51. The topological polar surface area (TPSA) is 68.0 Å². The van der Waals surface area contributed by atoms with Crippen LogP contribution in [0.5, 0.6) is 0 Å². The fourth-order valence-electron chi connectivity index (χ4n) is 1.98. The fourth-order valence-corrected chi connectivity index (χ4v) is 3.25. The molecule has 5 nitrogen and oxygen atoms in total. The normalized spacial score (nSPS) is 10.8. The van der Waals surface area contributed by atoms with Gasteiger partial charge in [0.2, 0.25) is 0 Å². The van der Waals surface area contributed by atoms with Crippen molar-refractivity contribution < 1.29 is 9.90 Å². The van der Waals surface area contributed by atoms with Gasteiger partial charge in [0, 0.05) is 17.0 Å². The lowest BCUT2D eigenvalue weighted by molar-refractivity contribution is -0.133. The number of benzene rings is 1. The van der Waals surface area contributed by atoms with Gasteiger partial charge < -0.3 is 9.67 Å². The largest absolute Gasteiger partial charge is 0.481 e. The van der Waals surface area contributed by atoms with Gasteiger partial charge in [0.25, 0.3) is 0 Å². The van der Waals surface area contributed by atoms with Gasteiger partial charge in [0.15, 0.2) is 11.0 Å². The van der Waals surface area contributed by atoms with Crippen molar-refractivity contribution in [1.29, 1.82) is 0 Å². The molecule has 2 aromatic rings. The smallest absolute Gasteiger partial charge is 0.313 e. The first-order chi connectivity index (χ1) is 10.2. The van der Waals surface area contributed by atoms with E-state index in [-0.39, 0.29) is 5.75 Å². The summed E-state index contributed by atoms with van der Waals surface area (Å²) in [5, 5.41) is 17.9. The molecular formula is C14H17N3O2S2. The zero-order valence-corrected chi connectivity index (χ0v) is 13.6. The number of nitrogens with zero attached hydrogens (tertiary/aromatic N) is 3. The second-order valence-corrected chi connectivity index (χ2v) is 6.13. The summed E-state index contributed by atoms with van der Waals surface area (Å²) in [5.41, 5.74) is 1.04. The Bertz CT molecular complexity index is 628. The first-order valence-corrected chi connectivity index (χ1v) is 8.79. The van der Waals surface area contributed by atoms with Crippen LogP contribution >= 0.6 is 23.5 Å². The van der Waals surface area contributed by atoms with E-state index in [1.54, 1.807) is 11.8 Å². The van der Waals surface area contributed by atoms with Crippen molar-refractivity contribution in [1.82, 2.24) is 14.8 Å². The Labute approximate surface area is 132 Å². The van der Waals surface area contributed by atoms with Gasteiger partial charge in [-0.1, -0.05) is 36.9 Å². The van der Waals surface area contributed by atoms with Crippen molar-refractivity contribution in [2.75, 3.05) is 12.0 Å². The summed E-state index contributed by atoms with van der Waals surface area (Å²) in [4.78, 5) is 11.9. The van der Waals surface area contributed by atoms with Gasteiger partial charge in [0.05, 0.1) is 5.75 Å². The molecule has 0 unspecified atom stereocenters. The van der Waals surface area contributed by atoms with E-state index in [0.29, 0.717) is 5.16 Å². The molecule has 0 spiro atoms. The van der Waals surface area contributed by atoms with Gasteiger partial charge in [-0.2, -0.15) is 0 Å². The van der Waals surface area contributed by atoms with Crippen LogP contribution in [-0.2, 0) is 11.3 Å². The average Bonchev–Trinajstić information content (AvgIpc) is 2.88. The van der Waals surface area contributed by atoms with E-state index in [1.807, 2.05) is 29.0 Å². The van der Waals surface area contributed by atoms with E-state index in [4.69, 9.17) is 5.11 Å². The molecule has 1 aromatic heterocycles. The maximum Gasteiger partial charge on any atom is 0.313 e. The molecule has 0 radical (unpaired) electrons. The molecule has 0 saturated heterocycles. The number of thioether (sulfide) groups is 2. The van der Waals surface area contributed by atoms with Gasteiger partial charge in [-0.25, -0.2) is 0 Å². The molecule has 1 N–H and O–H groups in total. The van der Waals surface area contributed by atoms with Crippen LogP contribution in [0.25, 0.3) is 11.4 Å². The third-order valence-electron chi connectivity index (χ3n) is 2.84. The van der Waals surface area contributed by atoms with Crippen LogP contribution in [0.3, 0.4) is 0 Å². The molecule has 0 aliphatic carbocycles. The number of rotatable bonds is 7. The van der Waals surface area contributed by atoms with Gasteiger partial charge in [-0.15, -0.1) is 22.0 Å². The van der Waals surface area contributed by atoms with E-state index >= 15 is 0 Å². The average molecular weight is 323 g/mol. The van der Waals surface area contributed by atoms with Crippen LogP contribution in [0.1, 0.15) is 13.3 Å². The molecule has 112 valence electrons. The van der Waals surface area contributed by atoms with E-state index in [1.165, 1.54) is 11.8 Å². The summed E-state index contributed by atoms with van der Waals surface area (Å²) in [5.74, 6) is -0.0572. The minimum atomic E-state index is -0.850. The number of aromatic nitrogens is 3. The number of carboxylic acids is 1. The molecule has 0 aliphatic heterocycles. The van der Waals surface area contributed by atoms with Crippen molar-refractivity contribution in [3.05, 3.63) is 24.3 Å². The molecule has 7 heteroatoms. The minimum absolute atomic E-state index is 0.00791. The van der Waals surface area contributed by atoms with Crippen molar-refractivity contribution in [3.63, 3.8) is 0 Å². The lowest BCUT2D eigenvalue weighted by Crippen LogP contribution is -2.05. The molecule has 0 bridgehead atoms. The molecule has 0 saturated carbocycles. The lowest BCUT2D eigenvalue weighted by atomic mass is 10.2. The third-order valence-corrected chi connectivity index (χ3v) is 4.58. The first kappa shape index (κ1) is 15.9. The molecule has 1 heterocycles. The number of hydrogen-bond donors (Lipinski definition) is 1. The monoisotopic (exact) mass is 323 g/mol. The quantitative estimate of drug-likeness (QED) is 0.789. The maximum atomic E-state index is 10.7. The zero-order chi connectivity index (χ0) is 15.2. The van der Waals surface area contributed by atoms with Crippen molar-refractivity contribution in [2.24, 2.45) is 0 Å². The van der Waals surface area contributed by atoms with E-state index < -0.39 is 5.97 Å². The van der Waals surface area contributed by atoms with Crippen molar-refractivity contribution in [2.45, 2.75) is 29.9 Å². The highest BCUT2D eigenvalue weighted by Crippen LogP contribution is 2.31. The Morgan fingerprint density at radius 1 is 1.33 bits per heavy atom. The van der Waals surface area contributed by atoms with Crippen LogP contribution in [0, 0.1) is 0 Å². The van der Waals surface area contributed by atoms with Crippen molar-refractivity contribution in [3.8, 4) is 11.4 Å². The van der Waals surface area contributed by atoms with E-state index in [2.05, 4.69) is 23.2 Å². The predicted octanol–water partition coefficient (Wildman–Crippen LogP) is 3.25. The molecule has 0 atom stereocenters. The van der Waals surface area contributed by atoms with E-state index in [9.17, 15) is 4.79 Å². The fraction of sp³-hybridized carbons (Fsp3) is 0.357. The minimum Gasteiger partial charge on any atom is -0.481 e. The number of carboxylic acid groups (broad SMARTS) is 1. The highest BCUT2D eigenvalue weighted by atomic mass is 32.2. The predicted molar refractivity (Wildman–Crippen MR) is 85.9 cm³/mol. The molecule has 0 aliphatic rings. The SMILES string of the molecule is CCCn1c(SCC(=O)O)nnc1-c1ccccc1SC. The molecule has 0 amide bonds. The Morgan fingerprint density at radius 2 is 2.10 bits per heavy atom. The molecule has 21 heavy (non-hydrogen) atoms. The Hall–Kier alpha value is -1.47. The Balaban J connectivity index is 2.41. The third kappa shape index (κ3) is 3.79. The van der Waals surface area contributed by atoms with Gasteiger partial charge in [-0.05, 0) is 18.7 Å². The summed E-state index contributed by atoms with van der Waals surface area (Å²) in [6, 6.07) is 8.04. The number of hydrogen-bond acceptors (Lipinski definition) is 5. The molecule has 0 fully saturated rings. The van der Waals surface area contributed by atoms with Crippen LogP contribution < -0.4 is 0 Å². The van der Waals surface area contributed by atoms with Gasteiger partial charge >= 0.3 is 5.97 Å². The molecule has 1 aromatic carbocycles. The number of carbonyl (C=O) groups is 1. The summed E-state index contributed by atoms with van der Waals surface area (Å²) in [6.45, 7) is 2.85. The van der Waals surface area contributed by atoms with Crippen LogP contribution in [-0.4, -0.2) is 37.8 Å². The highest BCUT2D eigenvalue weighted by Gasteiger charge is 2.16. The van der Waals surface area contributed by atoms with Crippen molar-refractivity contribution >= 4 is 29.5 Å². The Kier molecular flexibility index (Phi) is 5.69. The summed E-state index contributed by atoms with van der Waals surface area (Å²) in [7, 11) is 0. The Morgan fingerprint density at radius 3 is 2.76 bits per heavy atom. The molecule has 2 rings (SSSR count). The standard InChI is InChI=1S/C14H17N3O2S2/c1-3-8-17-13(10-6-4-5-7-11(10)20-2)15-16-14(17)21-9-12(18)19/h4-7H,3,8-9H2,1-2H3,(H,18,19). The van der Waals surface area contributed by atoms with Gasteiger partial charge in [0.1, 0.15) is 0 Å². The zero-order valence-electron chi connectivity index (χ0n) is 11.9. The lowest BCUT2D eigenvalue weighted by Gasteiger charge is -2.10. The van der Waals surface area contributed by atoms with Crippen LogP contribution in [0.2, 0.25) is 0 Å². The summed E-state index contributed by atoms with van der Waals surface area (Å²) < 4.78 is 2.00. The number of aliphatic carboxylic acids is 1. The van der Waals surface area contributed by atoms with Crippen LogP contribution in [0.15, 0.2) is 34.3 Å². The molecular weight excluding hydrogens is 306 g/mol. The summed E-state index contributed by atoms with van der Waals surface area (Å²) >= 11 is 2.87. The summed E-state index contributed by atoms with van der Waals surface area (Å²) in [6.07, 6.45) is 2.96. The van der Waals surface area contributed by atoms with Gasteiger partial charge in [-0.3, -0.25) is 4.79 Å². The highest BCUT2D eigenvalue weighted by molar-refractivity contribution is 7.99. The van der Waals surface area contributed by atoms with E-state index in [0.717, 1.165) is 29.2 Å². The maximum absolute atomic E-state index is 10.7.